The molecule has 148 valence electrons. The monoisotopic (exact) mass is 399 g/mol. The van der Waals surface area contributed by atoms with Gasteiger partial charge in [-0.1, -0.05) is 10.4 Å². The molecule has 29 heavy (non-hydrogen) atoms. The zero-order valence-corrected chi connectivity index (χ0v) is 15.2. The number of hydrogen-bond acceptors (Lipinski definition) is 8. The second kappa shape index (κ2) is 7.80. The lowest BCUT2D eigenvalue weighted by molar-refractivity contribution is 0.0986. The van der Waals surface area contributed by atoms with E-state index in [1.807, 2.05) is 0 Å². The van der Waals surface area contributed by atoms with E-state index >= 15 is 0 Å². The van der Waals surface area contributed by atoms with Crippen LogP contribution in [0.25, 0.3) is 22.2 Å². The fraction of sp³-hybridized carbons (Fsp3) is 0.222. The molecule has 1 N–H and O–H groups in total. The van der Waals surface area contributed by atoms with Gasteiger partial charge in [0.25, 0.3) is 0 Å². The van der Waals surface area contributed by atoms with Gasteiger partial charge < -0.3 is 9.94 Å². The van der Waals surface area contributed by atoms with Crippen LogP contribution in [0.3, 0.4) is 0 Å². The molecule has 0 amide bonds. The fourth-order valence-corrected chi connectivity index (χ4v) is 2.75. The minimum Gasteiger partial charge on any atom is -0.393 e. The number of rotatable bonds is 6. The van der Waals surface area contributed by atoms with Crippen molar-refractivity contribution in [3.8, 4) is 0 Å². The Hall–Kier alpha value is -3.60. The van der Waals surface area contributed by atoms with Gasteiger partial charge in [0, 0.05) is 23.2 Å². The average Bonchev–Trinajstić information content (AvgIpc) is 3.13. The largest absolute Gasteiger partial charge is 0.393 e. The number of benzene rings is 1. The highest BCUT2D eigenvalue weighted by molar-refractivity contribution is 5.97. The minimum absolute atomic E-state index is 0.0435. The summed E-state index contributed by atoms with van der Waals surface area (Å²) >= 11 is 0. The molecule has 0 unspecified atom stereocenters. The van der Waals surface area contributed by atoms with Gasteiger partial charge >= 0.3 is 0 Å². The Kier molecular flexibility index (Phi) is 5.04. The molecule has 0 aliphatic heterocycles. The van der Waals surface area contributed by atoms with E-state index in [-0.39, 0.29) is 47.5 Å². The summed E-state index contributed by atoms with van der Waals surface area (Å²) in [6.07, 6.45) is 2.91. The molecule has 3 aromatic heterocycles. The van der Waals surface area contributed by atoms with Gasteiger partial charge in [-0.05, 0) is 19.1 Å². The molecule has 4 rings (SSSR count). The Bertz CT molecular complexity index is 1230. The molecule has 11 heteroatoms. The minimum atomic E-state index is -0.739. The van der Waals surface area contributed by atoms with E-state index in [0.29, 0.717) is 11.4 Å². The molecule has 9 nitrogen and oxygen atoms in total. The number of halogens is 2. The smallest absolute Gasteiger partial charge is 0.221 e. The van der Waals surface area contributed by atoms with Gasteiger partial charge in [-0.15, -0.1) is 5.10 Å². The highest BCUT2D eigenvalue weighted by atomic mass is 19.1. The first-order valence-electron chi connectivity index (χ1n) is 8.64. The van der Waals surface area contributed by atoms with Crippen molar-refractivity contribution in [3.05, 3.63) is 53.5 Å². The summed E-state index contributed by atoms with van der Waals surface area (Å²) in [6, 6.07) is 4.29. The van der Waals surface area contributed by atoms with Gasteiger partial charge in [0.2, 0.25) is 5.65 Å². The Labute approximate surface area is 162 Å². The molecular formula is C18H15F2N7O2. The zero-order chi connectivity index (χ0) is 20.4. The van der Waals surface area contributed by atoms with Crippen LogP contribution in [-0.2, 0) is 11.4 Å². The maximum atomic E-state index is 14.9. The molecule has 0 aliphatic carbocycles. The lowest BCUT2D eigenvalue weighted by Crippen LogP contribution is -2.09. The molecule has 0 saturated carbocycles. The molecule has 0 spiro atoms. The van der Waals surface area contributed by atoms with Crippen molar-refractivity contribution in [2.75, 3.05) is 13.2 Å². The zero-order valence-electron chi connectivity index (χ0n) is 15.2. The van der Waals surface area contributed by atoms with E-state index in [9.17, 15) is 8.78 Å². The summed E-state index contributed by atoms with van der Waals surface area (Å²) in [5, 5.41) is 20.6. The second-order valence-electron chi connectivity index (χ2n) is 6.10. The van der Waals surface area contributed by atoms with E-state index in [1.54, 1.807) is 13.0 Å². The molecule has 4 aromatic rings. The summed E-state index contributed by atoms with van der Waals surface area (Å²) in [4.78, 5) is 17.4. The third-order valence-corrected chi connectivity index (χ3v) is 4.18. The van der Waals surface area contributed by atoms with Gasteiger partial charge in [0.15, 0.2) is 5.65 Å². The van der Waals surface area contributed by atoms with Gasteiger partial charge in [0.1, 0.15) is 29.6 Å². The lowest BCUT2D eigenvalue weighted by Gasteiger charge is -2.08. The highest BCUT2D eigenvalue weighted by Gasteiger charge is 2.18. The maximum Gasteiger partial charge on any atom is 0.221 e. The Morgan fingerprint density at radius 3 is 3.00 bits per heavy atom. The molecule has 1 aromatic carbocycles. The molecule has 0 atom stereocenters. The number of aliphatic hydroxyl groups excluding tert-OH is 1. The van der Waals surface area contributed by atoms with Crippen molar-refractivity contribution in [2.24, 2.45) is 5.16 Å². The number of hydrogen-bond donors (Lipinski definition) is 1. The molecule has 3 heterocycles. The number of aliphatic hydroxyl groups is 1. The molecule has 0 fully saturated rings. The molecule has 0 aliphatic rings. The number of aromatic nitrogens is 6. The maximum absolute atomic E-state index is 14.9. The first-order valence-corrected chi connectivity index (χ1v) is 8.64. The molecule has 0 bridgehead atoms. The van der Waals surface area contributed by atoms with Crippen LogP contribution in [0.5, 0.6) is 0 Å². The number of nitrogens with zero attached hydrogens (tertiary/aromatic N) is 7. The van der Waals surface area contributed by atoms with Crippen LogP contribution < -0.4 is 0 Å². The van der Waals surface area contributed by atoms with Crippen molar-refractivity contribution < 1.29 is 18.7 Å². The van der Waals surface area contributed by atoms with E-state index in [2.05, 4.69) is 30.4 Å². The van der Waals surface area contributed by atoms with Crippen molar-refractivity contribution >= 4 is 27.9 Å². The normalized spacial score (nSPS) is 12.1. The van der Waals surface area contributed by atoms with Gasteiger partial charge in [-0.25, -0.2) is 23.4 Å². The van der Waals surface area contributed by atoms with E-state index in [1.165, 1.54) is 29.2 Å². The Morgan fingerprint density at radius 2 is 2.17 bits per heavy atom. The SMILES string of the molecule is C/C(=N/OCCO)c1cnc2nnn(Cc3c(F)cc4ncccc4c3F)c2n1. The standard InChI is InChI=1S/C18H15F2N7O2/c1-10(25-29-6-5-28)15-8-22-17-18(23-15)27(26-24-17)9-12-13(19)7-14-11(16(12)20)3-2-4-21-14/h2-4,7-8,28H,5-6,9H2,1H3/b25-10-. The van der Waals surface area contributed by atoms with Crippen LogP contribution in [0, 0.1) is 11.6 Å². The van der Waals surface area contributed by atoms with Crippen LogP contribution in [0.1, 0.15) is 18.2 Å². The van der Waals surface area contributed by atoms with Crippen LogP contribution >= 0.6 is 0 Å². The predicted octanol–water partition coefficient (Wildman–Crippen LogP) is 1.83. The third kappa shape index (κ3) is 3.59. The van der Waals surface area contributed by atoms with Crippen molar-refractivity contribution in [2.45, 2.75) is 13.5 Å². The van der Waals surface area contributed by atoms with Gasteiger partial charge in [-0.2, -0.15) is 0 Å². The van der Waals surface area contributed by atoms with E-state index in [0.717, 1.165) is 0 Å². The van der Waals surface area contributed by atoms with Crippen molar-refractivity contribution in [1.82, 2.24) is 29.9 Å². The summed E-state index contributed by atoms with van der Waals surface area (Å²) in [6.45, 7) is 1.30. The second-order valence-corrected chi connectivity index (χ2v) is 6.10. The molecular weight excluding hydrogens is 384 g/mol. The highest BCUT2D eigenvalue weighted by Crippen LogP contribution is 2.23. The first-order chi connectivity index (χ1) is 14.1. The summed E-state index contributed by atoms with van der Waals surface area (Å²) in [5.74, 6) is -1.45. The number of oxime groups is 1. The first kappa shape index (κ1) is 18.7. The van der Waals surface area contributed by atoms with E-state index < -0.39 is 11.6 Å². The van der Waals surface area contributed by atoms with Crippen LogP contribution in [0.4, 0.5) is 8.78 Å². The average molecular weight is 399 g/mol. The Balaban J connectivity index is 1.73. The quantitative estimate of drug-likeness (QED) is 0.299. The molecule has 0 radical (unpaired) electrons. The summed E-state index contributed by atoms with van der Waals surface area (Å²) in [5.41, 5.74) is 1.30. The van der Waals surface area contributed by atoms with Crippen LogP contribution in [0.15, 0.2) is 35.7 Å². The third-order valence-electron chi connectivity index (χ3n) is 4.18. The number of pyridine rings is 1. The van der Waals surface area contributed by atoms with Crippen LogP contribution in [-0.4, -0.2) is 54.0 Å². The Morgan fingerprint density at radius 1 is 1.31 bits per heavy atom. The molecule has 0 saturated heterocycles. The predicted molar refractivity (Wildman–Crippen MR) is 99.1 cm³/mol. The topological polar surface area (TPSA) is 111 Å². The fourth-order valence-electron chi connectivity index (χ4n) is 2.75. The van der Waals surface area contributed by atoms with Crippen molar-refractivity contribution in [1.29, 1.82) is 0 Å². The number of fused-ring (bicyclic) bond motifs is 2. The van der Waals surface area contributed by atoms with Gasteiger partial charge in [-0.3, -0.25) is 4.98 Å². The van der Waals surface area contributed by atoms with E-state index in [4.69, 9.17) is 9.94 Å². The summed E-state index contributed by atoms with van der Waals surface area (Å²) < 4.78 is 30.6. The van der Waals surface area contributed by atoms with Crippen molar-refractivity contribution in [3.63, 3.8) is 0 Å². The van der Waals surface area contributed by atoms with Gasteiger partial charge in [0.05, 0.1) is 24.9 Å². The summed E-state index contributed by atoms with van der Waals surface area (Å²) in [7, 11) is 0. The van der Waals surface area contributed by atoms with Crippen LogP contribution in [0.2, 0.25) is 0 Å². The lowest BCUT2D eigenvalue weighted by atomic mass is 10.1.